The molecule has 126 valence electrons. The zero-order chi connectivity index (χ0) is 17.4. The fraction of sp³-hybridized carbons (Fsp3) is 0.200. The van der Waals surface area contributed by atoms with E-state index in [0.29, 0.717) is 12.2 Å². The average Bonchev–Trinajstić information content (AvgIpc) is 3.02. The first-order valence-corrected chi connectivity index (χ1v) is 8.17. The van der Waals surface area contributed by atoms with E-state index in [1.54, 1.807) is 13.2 Å². The Kier molecular flexibility index (Phi) is 3.76. The molecule has 0 fully saturated rings. The summed E-state index contributed by atoms with van der Waals surface area (Å²) in [7, 11) is 1.56. The van der Waals surface area contributed by atoms with Crippen LogP contribution in [0, 0.1) is 5.92 Å². The number of ether oxygens (including phenoxy) is 1. The number of methoxy groups -OCH3 is 1. The molecule has 2 aromatic carbocycles. The lowest BCUT2D eigenvalue weighted by Gasteiger charge is -2.28. The Labute approximate surface area is 145 Å². The molecule has 4 rings (SSSR count). The molecule has 0 bridgehead atoms. The van der Waals surface area contributed by atoms with E-state index in [4.69, 9.17) is 4.74 Å². The maximum absolute atomic E-state index is 12.3. The van der Waals surface area contributed by atoms with E-state index in [2.05, 4.69) is 10.5 Å². The highest BCUT2D eigenvalue weighted by Crippen LogP contribution is 2.43. The third-order valence-electron chi connectivity index (χ3n) is 4.84. The fourth-order valence-electron chi connectivity index (χ4n) is 3.60. The van der Waals surface area contributed by atoms with Crippen molar-refractivity contribution >= 4 is 17.2 Å². The van der Waals surface area contributed by atoms with Gasteiger partial charge >= 0.3 is 0 Å². The van der Waals surface area contributed by atoms with E-state index in [9.17, 15) is 9.90 Å². The Hall–Kier alpha value is -3.08. The summed E-state index contributed by atoms with van der Waals surface area (Å²) in [5, 5.41) is 14.6. The summed E-state index contributed by atoms with van der Waals surface area (Å²) < 4.78 is 5.15. The minimum absolute atomic E-state index is 0.0102. The van der Waals surface area contributed by atoms with Crippen LogP contribution in [-0.4, -0.2) is 23.8 Å². The summed E-state index contributed by atoms with van der Waals surface area (Å²) in [6, 6.07) is 15.2. The normalized spacial score (nSPS) is 21.9. The second-order valence-corrected chi connectivity index (χ2v) is 6.26. The molecule has 0 radical (unpaired) electrons. The van der Waals surface area contributed by atoms with Gasteiger partial charge in [0.05, 0.1) is 18.7 Å². The quantitative estimate of drug-likeness (QED) is 0.906. The number of amides is 1. The number of phenolic OH excluding ortho intramolecular Hbond substituents is 1. The van der Waals surface area contributed by atoms with Crippen LogP contribution in [-0.2, 0) is 4.79 Å². The van der Waals surface area contributed by atoms with Crippen LogP contribution >= 0.6 is 0 Å². The van der Waals surface area contributed by atoms with Gasteiger partial charge in [-0.15, -0.1) is 0 Å². The Balaban J connectivity index is 1.77. The van der Waals surface area contributed by atoms with Crippen LogP contribution in [0.4, 0.5) is 0 Å². The molecule has 2 N–H and O–H groups in total. The predicted octanol–water partition coefficient (Wildman–Crippen LogP) is 3.07. The number of allylic oxidation sites excluding steroid dienone is 2. The van der Waals surface area contributed by atoms with E-state index in [1.165, 1.54) is 0 Å². The van der Waals surface area contributed by atoms with Crippen molar-refractivity contribution in [2.24, 2.45) is 11.0 Å². The molecule has 0 saturated carbocycles. The summed E-state index contributed by atoms with van der Waals surface area (Å²) in [6.07, 6.45) is 2.56. The maximum atomic E-state index is 12.3. The predicted molar refractivity (Wildman–Crippen MR) is 95.5 cm³/mol. The van der Waals surface area contributed by atoms with E-state index in [1.807, 2.05) is 48.5 Å². The number of hydrazone groups is 1. The number of nitrogens with zero attached hydrogens (tertiary/aromatic N) is 1. The zero-order valence-corrected chi connectivity index (χ0v) is 13.8. The standard InChI is InChI=1S/C20H18N2O3/c1-25-14-7-8-15(18(23)11-14)13-9-16(12-5-3-2-4-6-12)19-17(10-13)21-22-20(19)24/h2-8,10-11,16,19,23H,9H2,1H3,(H,22,24). The smallest absolute Gasteiger partial charge is 0.249 e. The van der Waals surface area contributed by atoms with Crippen LogP contribution in [0.2, 0.25) is 0 Å². The molecule has 1 heterocycles. The van der Waals surface area contributed by atoms with E-state index < -0.39 is 0 Å². The molecular weight excluding hydrogens is 316 g/mol. The number of hydrogen-bond acceptors (Lipinski definition) is 4. The second-order valence-electron chi connectivity index (χ2n) is 6.26. The van der Waals surface area contributed by atoms with Crippen LogP contribution in [0.5, 0.6) is 11.5 Å². The van der Waals surface area contributed by atoms with Crippen LogP contribution in [0.15, 0.2) is 59.7 Å². The van der Waals surface area contributed by atoms with Crippen molar-refractivity contribution < 1.29 is 14.6 Å². The van der Waals surface area contributed by atoms with Gasteiger partial charge in [-0.3, -0.25) is 4.79 Å². The number of carbonyl (C=O) groups excluding carboxylic acids is 1. The number of carbonyl (C=O) groups is 1. The van der Waals surface area contributed by atoms with Crippen molar-refractivity contribution in [2.75, 3.05) is 7.11 Å². The number of aromatic hydroxyl groups is 1. The minimum atomic E-state index is -0.286. The largest absolute Gasteiger partial charge is 0.507 e. The van der Waals surface area contributed by atoms with Crippen LogP contribution in [0.3, 0.4) is 0 Å². The minimum Gasteiger partial charge on any atom is -0.507 e. The first-order valence-electron chi connectivity index (χ1n) is 8.17. The molecule has 2 unspecified atom stereocenters. The molecule has 2 atom stereocenters. The lowest BCUT2D eigenvalue weighted by atomic mass is 9.73. The summed E-state index contributed by atoms with van der Waals surface area (Å²) in [5.41, 5.74) is 6.10. The molecular formula is C20H18N2O3. The van der Waals surface area contributed by atoms with E-state index in [0.717, 1.165) is 22.4 Å². The molecule has 0 saturated heterocycles. The third kappa shape index (κ3) is 2.67. The Morgan fingerprint density at radius 3 is 2.72 bits per heavy atom. The molecule has 25 heavy (non-hydrogen) atoms. The number of phenols is 1. The van der Waals surface area contributed by atoms with Gasteiger partial charge in [-0.05, 0) is 35.8 Å². The van der Waals surface area contributed by atoms with E-state index in [-0.39, 0.29) is 23.5 Å². The highest BCUT2D eigenvalue weighted by atomic mass is 16.5. The Bertz CT molecular complexity index is 887. The van der Waals surface area contributed by atoms with Gasteiger partial charge in [-0.25, -0.2) is 5.43 Å². The Morgan fingerprint density at radius 2 is 2.00 bits per heavy atom. The van der Waals surface area contributed by atoms with Crippen molar-refractivity contribution in [1.82, 2.24) is 5.43 Å². The van der Waals surface area contributed by atoms with Crippen molar-refractivity contribution in [3.05, 3.63) is 65.7 Å². The summed E-state index contributed by atoms with van der Waals surface area (Å²) in [5.74, 6) is 0.396. The first-order chi connectivity index (χ1) is 12.2. The number of benzene rings is 2. The number of hydrogen-bond donors (Lipinski definition) is 2. The summed E-state index contributed by atoms with van der Waals surface area (Å²) in [4.78, 5) is 12.3. The van der Waals surface area contributed by atoms with Crippen LogP contribution < -0.4 is 10.2 Å². The van der Waals surface area contributed by atoms with Crippen molar-refractivity contribution in [1.29, 1.82) is 0 Å². The van der Waals surface area contributed by atoms with Gasteiger partial charge in [0.1, 0.15) is 11.5 Å². The molecule has 1 aliphatic heterocycles. The van der Waals surface area contributed by atoms with Crippen LogP contribution in [0.1, 0.15) is 23.5 Å². The van der Waals surface area contributed by atoms with Gasteiger partial charge < -0.3 is 9.84 Å². The third-order valence-corrected chi connectivity index (χ3v) is 4.84. The van der Waals surface area contributed by atoms with Gasteiger partial charge in [0, 0.05) is 17.5 Å². The summed E-state index contributed by atoms with van der Waals surface area (Å²) >= 11 is 0. The lowest BCUT2D eigenvalue weighted by Crippen LogP contribution is -2.31. The van der Waals surface area contributed by atoms with Crippen LogP contribution in [0.25, 0.3) is 5.57 Å². The fourth-order valence-corrected chi connectivity index (χ4v) is 3.60. The second kappa shape index (κ2) is 6.09. The first kappa shape index (κ1) is 15.4. The Morgan fingerprint density at radius 1 is 1.20 bits per heavy atom. The average molecular weight is 334 g/mol. The van der Waals surface area contributed by atoms with Crippen molar-refractivity contribution in [3.63, 3.8) is 0 Å². The van der Waals surface area contributed by atoms with Crippen molar-refractivity contribution in [2.45, 2.75) is 12.3 Å². The van der Waals surface area contributed by atoms with Gasteiger partial charge in [0.25, 0.3) is 0 Å². The zero-order valence-electron chi connectivity index (χ0n) is 13.8. The monoisotopic (exact) mass is 334 g/mol. The molecule has 5 heteroatoms. The maximum Gasteiger partial charge on any atom is 0.249 e. The highest BCUT2D eigenvalue weighted by molar-refractivity contribution is 6.17. The molecule has 2 aliphatic rings. The number of rotatable bonds is 3. The van der Waals surface area contributed by atoms with E-state index >= 15 is 0 Å². The molecule has 5 nitrogen and oxygen atoms in total. The number of fused-ring (bicyclic) bond motifs is 1. The topological polar surface area (TPSA) is 70.9 Å². The molecule has 1 aliphatic carbocycles. The van der Waals surface area contributed by atoms with Gasteiger partial charge in [-0.1, -0.05) is 30.3 Å². The molecule has 0 spiro atoms. The summed E-state index contributed by atoms with van der Waals surface area (Å²) in [6.45, 7) is 0. The molecule has 2 aromatic rings. The van der Waals surface area contributed by atoms with Gasteiger partial charge in [0.15, 0.2) is 0 Å². The highest BCUT2D eigenvalue weighted by Gasteiger charge is 2.40. The van der Waals surface area contributed by atoms with Gasteiger partial charge in [0.2, 0.25) is 5.91 Å². The number of nitrogens with one attached hydrogen (secondary N) is 1. The molecule has 0 aromatic heterocycles. The molecule has 1 amide bonds. The SMILES string of the molecule is COc1ccc(C2=CC3=NNC(=O)C3C(c3ccccc3)C2)c(O)c1. The van der Waals surface area contributed by atoms with Gasteiger partial charge in [-0.2, -0.15) is 5.10 Å². The lowest BCUT2D eigenvalue weighted by molar-refractivity contribution is -0.122. The van der Waals surface area contributed by atoms with Crippen molar-refractivity contribution in [3.8, 4) is 11.5 Å².